The Hall–Kier alpha value is -1.93. The Kier molecular flexibility index (Phi) is 8.85. The molecule has 0 spiro atoms. The lowest BCUT2D eigenvalue weighted by Crippen LogP contribution is -2.34. The van der Waals surface area contributed by atoms with E-state index in [1.807, 2.05) is 30.3 Å². The van der Waals surface area contributed by atoms with E-state index >= 15 is 0 Å². The van der Waals surface area contributed by atoms with Gasteiger partial charge in [0.2, 0.25) is 15.9 Å². The Bertz CT molecular complexity index is 945. The molecular formula is C22H30ClN3O3S. The first-order valence-corrected chi connectivity index (χ1v) is 11.9. The van der Waals surface area contributed by atoms with Gasteiger partial charge in [0.15, 0.2) is 0 Å². The van der Waals surface area contributed by atoms with Crippen LogP contribution in [0.25, 0.3) is 0 Å². The molecule has 2 aromatic rings. The van der Waals surface area contributed by atoms with Crippen molar-refractivity contribution < 1.29 is 13.2 Å². The molecule has 2 aromatic carbocycles. The molecular weight excluding hydrogens is 422 g/mol. The zero-order valence-electron chi connectivity index (χ0n) is 17.9. The van der Waals surface area contributed by atoms with E-state index in [1.165, 1.54) is 22.5 Å². The third-order valence-corrected chi connectivity index (χ3v) is 7.24. The topological polar surface area (TPSA) is 78.5 Å². The average Bonchev–Trinajstić information content (AvgIpc) is 2.71. The van der Waals surface area contributed by atoms with Crippen LogP contribution >= 0.6 is 11.6 Å². The molecule has 1 unspecified atom stereocenters. The van der Waals surface area contributed by atoms with Gasteiger partial charge in [0.25, 0.3) is 0 Å². The molecule has 0 aliphatic heterocycles. The van der Waals surface area contributed by atoms with Crippen LogP contribution in [-0.4, -0.2) is 38.3 Å². The van der Waals surface area contributed by atoms with E-state index in [0.29, 0.717) is 13.1 Å². The maximum absolute atomic E-state index is 12.7. The molecule has 0 saturated heterocycles. The third-order valence-electron chi connectivity index (χ3n) is 4.86. The van der Waals surface area contributed by atoms with E-state index in [0.717, 1.165) is 5.56 Å². The van der Waals surface area contributed by atoms with Gasteiger partial charge in [0, 0.05) is 19.1 Å². The lowest BCUT2D eigenvalue weighted by molar-refractivity contribution is -0.115. The van der Waals surface area contributed by atoms with E-state index < -0.39 is 10.0 Å². The van der Waals surface area contributed by atoms with Gasteiger partial charge in [-0.15, -0.1) is 0 Å². The lowest BCUT2D eigenvalue weighted by Gasteiger charge is -2.23. The average molecular weight is 452 g/mol. The third kappa shape index (κ3) is 6.04. The van der Waals surface area contributed by atoms with Gasteiger partial charge in [-0.05, 0) is 29.7 Å². The van der Waals surface area contributed by atoms with Crippen molar-refractivity contribution >= 4 is 33.2 Å². The molecule has 0 bridgehead atoms. The van der Waals surface area contributed by atoms with Crippen LogP contribution in [-0.2, 0) is 14.8 Å². The molecule has 0 saturated carbocycles. The first kappa shape index (κ1) is 24.3. The number of benzene rings is 2. The lowest BCUT2D eigenvalue weighted by atomic mass is 9.96. The van der Waals surface area contributed by atoms with Crippen LogP contribution in [0, 0.1) is 5.92 Å². The number of carbonyl (C=O) groups is 1. The summed E-state index contributed by atoms with van der Waals surface area (Å²) in [4.78, 5) is 12.6. The van der Waals surface area contributed by atoms with Crippen LogP contribution in [0.1, 0.15) is 39.3 Å². The van der Waals surface area contributed by atoms with Crippen molar-refractivity contribution in [3.8, 4) is 0 Å². The van der Waals surface area contributed by atoms with Crippen LogP contribution in [0.2, 0.25) is 5.02 Å². The zero-order valence-corrected chi connectivity index (χ0v) is 19.4. The van der Waals surface area contributed by atoms with Crippen LogP contribution in [0.5, 0.6) is 0 Å². The minimum absolute atomic E-state index is 0.0156. The summed E-state index contributed by atoms with van der Waals surface area (Å²) in [7, 11) is -3.64. The Morgan fingerprint density at radius 2 is 1.70 bits per heavy atom. The highest BCUT2D eigenvalue weighted by Gasteiger charge is 2.23. The Labute approximate surface area is 184 Å². The molecule has 2 rings (SSSR count). The molecule has 1 atom stereocenters. The molecule has 6 nitrogen and oxygen atoms in total. The van der Waals surface area contributed by atoms with Gasteiger partial charge < -0.3 is 10.6 Å². The smallest absolute Gasteiger partial charge is 0.243 e. The van der Waals surface area contributed by atoms with Gasteiger partial charge in [-0.3, -0.25) is 4.79 Å². The minimum Gasteiger partial charge on any atom is -0.324 e. The van der Waals surface area contributed by atoms with E-state index in [9.17, 15) is 13.2 Å². The predicted molar refractivity (Wildman–Crippen MR) is 122 cm³/mol. The zero-order chi connectivity index (χ0) is 22.3. The summed E-state index contributed by atoms with van der Waals surface area (Å²) in [6.45, 7) is 8.53. The molecule has 0 radical (unpaired) electrons. The van der Waals surface area contributed by atoms with Gasteiger partial charge >= 0.3 is 0 Å². The van der Waals surface area contributed by atoms with Crippen molar-refractivity contribution in [3.63, 3.8) is 0 Å². The fraction of sp³-hybridized carbons (Fsp3) is 0.409. The van der Waals surface area contributed by atoms with Crippen molar-refractivity contribution in [1.82, 2.24) is 9.62 Å². The molecule has 0 aliphatic carbocycles. The van der Waals surface area contributed by atoms with Crippen molar-refractivity contribution in [1.29, 1.82) is 0 Å². The fourth-order valence-corrected chi connectivity index (χ4v) is 4.92. The first-order valence-electron chi connectivity index (χ1n) is 10.1. The number of hydrogen-bond acceptors (Lipinski definition) is 4. The number of hydrogen-bond donors (Lipinski definition) is 2. The minimum atomic E-state index is -3.64. The number of sulfonamides is 1. The van der Waals surface area contributed by atoms with Gasteiger partial charge in [-0.2, -0.15) is 4.31 Å². The molecule has 8 heteroatoms. The largest absolute Gasteiger partial charge is 0.324 e. The fourth-order valence-electron chi connectivity index (χ4n) is 3.27. The van der Waals surface area contributed by atoms with Crippen LogP contribution < -0.4 is 10.6 Å². The standard InChI is InChI=1S/C22H30ClN3O3S/c1-5-26(6-2)30(28,29)18-12-13-19(23)20(14-18)25-21(27)15-24-22(16(3)4)17-10-8-7-9-11-17/h7-14,16,22,24H,5-6,15H2,1-4H3,(H,25,27). The second kappa shape index (κ2) is 10.9. The molecule has 30 heavy (non-hydrogen) atoms. The number of carbonyl (C=O) groups excluding carboxylic acids is 1. The number of amides is 1. The van der Waals surface area contributed by atoms with Gasteiger partial charge in [0.05, 0.1) is 22.2 Å². The van der Waals surface area contributed by atoms with Gasteiger partial charge in [-0.1, -0.05) is 69.6 Å². The maximum atomic E-state index is 12.7. The van der Waals surface area contributed by atoms with Crippen molar-refractivity contribution in [2.75, 3.05) is 25.0 Å². The maximum Gasteiger partial charge on any atom is 0.243 e. The van der Waals surface area contributed by atoms with E-state index in [1.54, 1.807) is 13.8 Å². The first-order chi connectivity index (χ1) is 14.2. The summed E-state index contributed by atoms with van der Waals surface area (Å²) in [6.07, 6.45) is 0. The predicted octanol–water partition coefficient (Wildman–Crippen LogP) is 4.30. The van der Waals surface area contributed by atoms with E-state index in [-0.39, 0.29) is 40.0 Å². The summed E-state index contributed by atoms with van der Waals surface area (Å²) in [5, 5.41) is 6.28. The summed E-state index contributed by atoms with van der Waals surface area (Å²) in [5.74, 6) is -0.0119. The highest BCUT2D eigenvalue weighted by atomic mass is 35.5. The Morgan fingerprint density at radius 1 is 1.07 bits per heavy atom. The van der Waals surface area contributed by atoms with Crippen LogP contribution in [0.15, 0.2) is 53.4 Å². The summed E-state index contributed by atoms with van der Waals surface area (Å²) < 4.78 is 26.9. The van der Waals surface area contributed by atoms with E-state index in [4.69, 9.17) is 11.6 Å². The normalized spacial score (nSPS) is 12.9. The molecule has 0 aromatic heterocycles. The molecule has 2 N–H and O–H groups in total. The SMILES string of the molecule is CCN(CC)S(=O)(=O)c1ccc(Cl)c(NC(=O)CNC(c2ccccc2)C(C)C)c1. The number of rotatable bonds is 10. The van der Waals surface area contributed by atoms with Crippen molar-refractivity contribution in [2.24, 2.45) is 5.92 Å². The summed E-state index contributed by atoms with van der Waals surface area (Å²) in [6, 6.07) is 14.3. The van der Waals surface area contributed by atoms with Crippen molar-refractivity contribution in [3.05, 3.63) is 59.1 Å². The Balaban J connectivity index is 2.13. The molecule has 0 heterocycles. The summed E-state index contributed by atoms with van der Waals surface area (Å²) >= 11 is 6.20. The number of nitrogens with zero attached hydrogens (tertiary/aromatic N) is 1. The van der Waals surface area contributed by atoms with Crippen molar-refractivity contribution in [2.45, 2.75) is 38.6 Å². The number of nitrogens with one attached hydrogen (secondary N) is 2. The molecule has 0 aliphatic rings. The monoisotopic (exact) mass is 451 g/mol. The number of halogens is 1. The second-order valence-electron chi connectivity index (χ2n) is 7.29. The summed E-state index contributed by atoms with van der Waals surface area (Å²) in [5.41, 5.74) is 1.38. The highest BCUT2D eigenvalue weighted by Crippen LogP contribution is 2.27. The van der Waals surface area contributed by atoms with E-state index in [2.05, 4.69) is 24.5 Å². The second-order valence-corrected chi connectivity index (χ2v) is 9.64. The van der Waals surface area contributed by atoms with Crippen LogP contribution in [0.3, 0.4) is 0 Å². The quantitative estimate of drug-likeness (QED) is 0.564. The molecule has 0 fully saturated rings. The highest BCUT2D eigenvalue weighted by molar-refractivity contribution is 7.89. The van der Waals surface area contributed by atoms with Gasteiger partial charge in [-0.25, -0.2) is 8.42 Å². The van der Waals surface area contributed by atoms with Crippen LogP contribution in [0.4, 0.5) is 5.69 Å². The number of anilines is 1. The molecule has 164 valence electrons. The van der Waals surface area contributed by atoms with Gasteiger partial charge in [0.1, 0.15) is 0 Å². The molecule has 1 amide bonds. The Morgan fingerprint density at radius 3 is 2.27 bits per heavy atom.